The Labute approximate surface area is 235 Å². The number of methoxy groups -OCH3 is 1. The average molecular weight is 594 g/mol. The molecular weight excluding hydrogens is 560 g/mol. The number of imidazole rings is 1. The first-order valence-electron chi connectivity index (χ1n) is 13.2. The van der Waals surface area contributed by atoms with E-state index in [-0.39, 0.29) is 17.6 Å². The van der Waals surface area contributed by atoms with Crippen LogP contribution in [0.3, 0.4) is 0 Å². The molecule has 1 aromatic carbocycles. The van der Waals surface area contributed by atoms with E-state index in [4.69, 9.17) is 24.6 Å². The van der Waals surface area contributed by atoms with Gasteiger partial charge in [0.15, 0.2) is 28.9 Å². The number of ether oxygens (including phenoxy) is 2. The van der Waals surface area contributed by atoms with Crippen molar-refractivity contribution in [3.8, 4) is 5.75 Å². The Kier molecular flexibility index (Phi) is 8.43. The number of nitrogen functional groups attached to an aromatic ring is 1. The number of nitrogens with two attached hydrogens (primary N) is 1. The summed E-state index contributed by atoms with van der Waals surface area (Å²) >= 11 is 0. The van der Waals surface area contributed by atoms with Crippen molar-refractivity contribution in [3.05, 3.63) is 36.7 Å². The number of hydroxylamine groups is 1. The molecule has 41 heavy (non-hydrogen) atoms. The number of carbonyl (C=O) groups excluding carboxylic acids is 1. The summed E-state index contributed by atoms with van der Waals surface area (Å²) in [5.41, 5.74) is 4.23. The third-order valence-electron chi connectivity index (χ3n) is 7.25. The Hall–Kier alpha value is -3.36. The molecule has 5 rings (SSSR count). The number of benzene rings is 1. The molecule has 3 heterocycles. The van der Waals surface area contributed by atoms with Crippen LogP contribution >= 0.6 is 8.18 Å². The van der Waals surface area contributed by atoms with Gasteiger partial charge in [0.2, 0.25) is 5.95 Å². The van der Waals surface area contributed by atoms with Gasteiger partial charge in [-0.3, -0.25) is 13.9 Å². The fourth-order valence-corrected chi connectivity index (χ4v) is 5.69. The largest absolute Gasteiger partial charge is 0.468 e. The lowest BCUT2D eigenvalue weighted by atomic mass is 9.93. The molecule has 2 aromatic heterocycles. The summed E-state index contributed by atoms with van der Waals surface area (Å²) in [7, 11) is -2.08. The normalized spacial score (nSPS) is 26.0. The molecule has 0 radical (unpaired) electrons. The fraction of sp³-hybridized carbons (Fsp3) is 0.520. The predicted octanol–water partition coefficient (Wildman–Crippen LogP) is 2.62. The molecule has 1 aliphatic heterocycles. The number of hydrogen-bond acceptors (Lipinski definition) is 12. The molecule has 2 fully saturated rings. The number of nitrogens with zero attached hydrogens (tertiary/aromatic N) is 5. The number of fused-ring (bicyclic) bond motifs is 1. The van der Waals surface area contributed by atoms with E-state index in [1.165, 1.54) is 31.9 Å². The monoisotopic (exact) mass is 593 g/mol. The van der Waals surface area contributed by atoms with Crippen molar-refractivity contribution >= 4 is 37.1 Å². The molecule has 0 amide bonds. The number of nitrogens with one attached hydrogen (secondary N) is 1. The molecule has 4 N–H and O–H groups in total. The van der Waals surface area contributed by atoms with E-state index < -0.39 is 50.9 Å². The SMILES string of the molecule is COC(=O)C(C)N(Oc1ccccc1)[PH](=O)OC[C@H]1O[C@@H](n2cnc3c(NC4CCC4)nc(N)nc32)[C@](C)(F)[C@@H]1O. The lowest BCUT2D eigenvalue weighted by Crippen LogP contribution is -2.41. The van der Waals surface area contributed by atoms with Gasteiger partial charge >= 0.3 is 5.97 Å². The number of aromatic nitrogens is 4. The highest BCUT2D eigenvalue weighted by Gasteiger charge is 2.55. The molecule has 1 saturated carbocycles. The van der Waals surface area contributed by atoms with Crippen LogP contribution in [0.25, 0.3) is 11.2 Å². The standard InChI is InChI=1S/C25H33FN7O7P/c1-14(22(35)37-3)33(40-16-10-5-4-6-11-16)41(36)38-12-17-19(34)25(2,26)23(39-17)32-13-28-18-20(29-15-8-7-9-15)30-24(27)31-21(18)32/h4-6,10-11,13-15,17,19,23,34,41H,7-9,12H2,1-3H3,(H3,27,29,30,31)/t14?,17-,19-,23-,25-/m1/s1. The minimum absolute atomic E-state index is 0.0307. The Morgan fingerprint density at radius 3 is 2.76 bits per heavy atom. The number of hydrogen-bond donors (Lipinski definition) is 3. The van der Waals surface area contributed by atoms with Crippen LogP contribution in [0, 0.1) is 0 Å². The number of rotatable bonds is 11. The lowest BCUT2D eigenvalue weighted by molar-refractivity contribution is -0.152. The highest BCUT2D eigenvalue weighted by molar-refractivity contribution is 7.36. The number of para-hydroxylation sites is 1. The third-order valence-corrected chi connectivity index (χ3v) is 8.50. The predicted molar refractivity (Wildman–Crippen MR) is 146 cm³/mol. The molecule has 3 aromatic rings. The van der Waals surface area contributed by atoms with Crippen LogP contribution in [0.5, 0.6) is 5.75 Å². The summed E-state index contributed by atoms with van der Waals surface area (Å²) in [6.07, 6.45) is 0.160. The number of halogens is 1. The van der Waals surface area contributed by atoms with Crippen molar-refractivity contribution < 1.29 is 37.7 Å². The highest BCUT2D eigenvalue weighted by atomic mass is 31.1. The molecule has 2 aliphatic rings. The topological polar surface area (TPSA) is 176 Å². The second-order valence-corrected chi connectivity index (χ2v) is 11.4. The summed E-state index contributed by atoms with van der Waals surface area (Å²) in [6.45, 7) is 2.14. The van der Waals surface area contributed by atoms with Crippen molar-refractivity contribution in [2.45, 2.75) is 69.3 Å². The lowest BCUT2D eigenvalue weighted by Gasteiger charge is -2.27. The number of esters is 1. The summed E-state index contributed by atoms with van der Waals surface area (Å²) in [5, 5.41) is 14.1. The minimum Gasteiger partial charge on any atom is -0.468 e. The molecule has 222 valence electrons. The van der Waals surface area contributed by atoms with Crippen LogP contribution in [0.4, 0.5) is 16.2 Å². The van der Waals surface area contributed by atoms with Crippen molar-refractivity contribution in [3.63, 3.8) is 0 Å². The summed E-state index contributed by atoms with van der Waals surface area (Å²) < 4.78 is 46.7. The van der Waals surface area contributed by atoms with E-state index in [9.17, 15) is 14.5 Å². The molecular formula is C25H33FN7O7P. The van der Waals surface area contributed by atoms with E-state index in [0.29, 0.717) is 17.1 Å². The Bertz CT molecular complexity index is 1410. The second kappa shape index (κ2) is 11.9. The quantitative estimate of drug-likeness (QED) is 0.168. The first-order valence-corrected chi connectivity index (χ1v) is 14.4. The maximum atomic E-state index is 16.0. The molecule has 1 aliphatic carbocycles. The highest BCUT2D eigenvalue weighted by Crippen LogP contribution is 2.44. The van der Waals surface area contributed by atoms with Crippen molar-refractivity contribution in [2.75, 3.05) is 24.8 Å². The number of alkyl halides is 1. The van der Waals surface area contributed by atoms with E-state index in [0.717, 1.165) is 24.1 Å². The van der Waals surface area contributed by atoms with E-state index in [2.05, 4.69) is 20.3 Å². The molecule has 6 atom stereocenters. The van der Waals surface area contributed by atoms with E-state index in [1.54, 1.807) is 30.3 Å². The zero-order valence-electron chi connectivity index (χ0n) is 22.8. The second-order valence-electron chi connectivity index (χ2n) is 10.2. The first-order chi connectivity index (χ1) is 19.6. The number of carbonyl (C=O) groups is 1. The van der Waals surface area contributed by atoms with Crippen LogP contribution in [0.15, 0.2) is 36.7 Å². The Morgan fingerprint density at radius 1 is 1.37 bits per heavy atom. The van der Waals surface area contributed by atoms with Crippen LogP contribution in [0.1, 0.15) is 39.3 Å². The fourth-order valence-electron chi connectivity index (χ4n) is 4.65. The summed E-state index contributed by atoms with van der Waals surface area (Å²) in [5.74, 6) is -0.00215. The van der Waals surface area contributed by atoms with Crippen molar-refractivity contribution in [2.24, 2.45) is 0 Å². The molecule has 0 spiro atoms. The number of anilines is 2. The summed E-state index contributed by atoms with van der Waals surface area (Å²) in [4.78, 5) is 31.6. The van der Waals surface area contributed by atoms with Gasteiger partial charge in [-0.05, 0) is 45.2 Å². The van der Waals surface area contributed by atoms with Gasteiger partial charge in [0, 0.05) is 6.04 Å². The molecule has 14 nitrogen and oxygen atoms in total. The van der Waals surface area contributed by atoms with Crippen LogP contribution in [0.2, 0.25) is 0 Å². The van der Waals surface area contributed by atoms with Gasteiger partial charge in [0.25, 0.3) is 8.18 Å². The molecule has 2 unspecified atom stereocenters. The molecule has 16 heteroatoms. The van der Waals surface area contributed by atoms with Gasteiger partial charge in [-0.25, -0.2) is 9.37 Å². The smallest absolute Gasteiger partial charge is 0.326 e. The van der Waals surface area contributed by atoms with Crippen molar-refractivity contribution in [1.82, 2.24) is 24.4 Å². The Balaban J connectivity index is 1.33. The average Bonchev–Trinajstić information content (AvgIpc) is 3.45. The number of aliphatic hydroxyl groups is 1. The van der Waals surface area contributed by atoms with Crippen LogP contribution in [-0.2, 0) is 23.4 Å². The Morgan fingerprint density at radius 2 is 2.10 bits per heavy atom. The molecule has 0 bridgehead atoms. The minimum atomic E-state index is -3.27. The van der Waals surface area contributed by atoms with E-state index in [1.807, 2.05) is 0 Å². The zero-order valence-corrected chi connectivity index (χ0v) is 23.8. The van der Waals surface area contributed by atoms with Gasteiger partial charge < -0.3 is 35.0 Å². The third kappa shape index (κ3) is 5.86. The summed E-state index contributed by atoms with van der Waals surface area (Å²) in [6, 6.07) is 7.51. The van der Waals surface area contributed by atoms with Crippen molar-refractivity contribution in [1.29, 1.82) is 0 Å². The zero-order chi connectivity index (χ0) is 29.3. The van der Waals surface area contributed by atoms with E-state index >= 15 is 4.39 Å². The van der Waals surface area contributed by atoms with Gasteiger partial charge in [0.1, 0.15) is 24.0 Å². The maximum absolute atomic E-state index is 16.0. The first kappa shape index (κ1) is 29.1. The molecule has 1 saturated heterocycles. The van der Waals surface area contributed by atoms with Gasteiger partial charge in [0.05, 0.1) is 20.0 Å². The van der Waals surface area contributed by atoms with Gasteiger partial charge in [-0.2, -0.15) is 9.97 Å². The van der Waals surface area contributed by atoms with Crippen LogP contribution < -0.4 is 15.9 Å². The van der Waals surface area contributed by atoms with Crippen LogP contribution in [-0.4, -0.2) is 79.1 Å². The van der Waals surface area contributed by atoms with Gasteiger partial charge in [-0.15, -0.1) is 0 Å². The maximum Gasteiger partial charge on any atom is 0.326 e. The number of aliphatic hydroxyl groups excluding tert-OH is 1. The van der Waals surface area contributed by atoms with Gasteiger partial charge in [-0.1, -0.05) is 23.0 Å².